The van der Waals surface area contributed by atoms with Crippen LogP contribution >= 0.6 is 11.6 Å². The highest BCUT2D eigenvalue weighted by atomic mass is 35.5. The van der Waals surface area contributed by atoms with Crippen molar-refractivity contribution in [3.8, 4) is 0 Å². The zero-order valence-corrected chi connectivity index (χ0v) is 15.8. The Morgan fingerprint density at radius 2 is 1.85 bits per heavy atom. The molecule has 0 unspecified atom stereocenters. The van der Waals surface area contributed by atoms with Crippen molar-refractivity contribution in [1.29, 1.82) is 0 Å². The van der Waals surface area contributed by atoms with Crippen LogP contribution in [0.15, 0.2) is 60.9 Å². The third-order valence-electron chi connectivity index (χ3n) is 4.05. The van der Waals surface area contributed by atoms with E-state index in [4.69, 9.17) is 11.6 Å². The van der Waals surface area contributed by atoms with E-state index in [0.717, 1.165) is 29.1 Å². The summed E-state index contributed by atoms with van der Waals surface area (Å²) in [7, 11) is 0. The summed E-state index contributed by atoms with van der Waals surface area (Å²) >= 11 is 5.88. The van der Waals surface area contributed by atoms with Crippen LogP contribution in [-0.2, 0) is 13.0 Å². The van der Waals surface area contributed by atoms with Gasteiger partial charge in [-0.3, -0.25) is 4.79 Å². The number of anilines is 1. The molecule has 0 atom stereocenters. The lowest BCUT2D eigenvalue weighted by Crippen LogP contribution is -2.24. The number of rotatable bonds is 7. The second kappa shape index (κ2) is 9.14. The molecule has 1 heterocycles. The largest absolute Gasteiger partial charge is 0.368 e. The quantitative estimate of drug-likeness (QED) is 0.649. The number of nitrogens with zero attached hydrogens (tertiary/aromatic N) is 2. The van der Waals surface area contributed by atoms with Gasteiger partial charge in [0.1, 0.15) is 11.5 Å². The summed E-state index contributed by atoms with van der Waals surface area (Å²) in [5, 5.41) is 6.79. The summed E-state index contributed by atoms with van der Waals surface area (Å²) in [4.78, 5) is 20.6. The molecule has 0 bridgehead atoms. The van der Waals surface area contributed by atoms with Gasteiger partial charge in [-0.2, -0.15) is 0 Å². The number of benzene rings is 2. The van der Waals surface area contributed by atoms with E-state index in [-0.39, 0.29) is 5.91 Å². The molecule has 0 fully saturated rings. The monoisotopic (exact) mass is 380 g/mol. The van der Waals surface area contributed by atoms with Gasteiger partial charge in [-0.1, -0.05) is 53.6 Å². The van der Waals surface area contributed by atoms with Crippen LogP contribution in [0.3, 0.4) is 0 Å². The molecular weight excluding hydrogens is 360 g/mol. The van der Waals surface area contributed by atoms with Gasteiger partial charge in [-0.25, -0.2) is 9.97 Å². The highest BCUT2D eigenvalue weighted by Gasteiger charge is 2.08. The molecule has 138 valence electrons. The minimum Gasteiger partial charge on any atom is -0.368 e. The number of amides is 1. The molecule has 0 aliphatic heterocycles. The molecule has 6 heteroatoms. The molecule has 2 aromatic carbocycles. The van der Waals surface area contributed by atoms with E-state index in [0.29, 0.717) is 18.1 Å². The Morgan fingerprint density at radius 3 is 2.56 bits per heavy atom. The van der Waals surface area contributed by atoms with E-state index in [1.807, 2.05) is 55.5 Å². The van der Waals surface area contributed by atoms with Crippen LogP contribution in [0.2, 0.25) is 5.02 Å². The molecule has 3 rings (SSSR count). The van der Waals surface area contributed by atoms with E-state index in [9.17, 15) is 4.79 Å². The van der Waals surface area contributed by atoms with Crippen molar-refractivity contribution in [1.82, 2.24) is 15.3 Å². The van der Waals surface area contributed by atoms with Crippen molar-refractivity contribution in [3.63, 3.8) is 0 Å². The van der Waals surface area contributed by atoms with Crippen molar-refractivity contribution >= 4 is 23.3 Å². The van der Waals surface area contributed by atoms with Gasteiger partial charge in [0.25, 0.3) is 5.91 Å². The predicted octanol–water partition coefficient (Wildman–Crippen LogP) is 4.02. The average molecular weight is 381 g/mol. The van der Waals surface area contributed by atoms with Crippen molar-refractivity contribution in [2.24, 2.45) is 0 Å². The molecule has 2 N–H and O–H groups in total. The third-order valence-corrected chi connectivity index (χ3v) is 4.31. The number of nitrogens with one attached hydrogen (secondary N) is 2. The van der Waals surface area contributed by atoms with Crippen LogP contribution < -0.4 is 10.6 Å². The van der Waals surface area contributed by atoms with Gasteiger partial charge < -0.3 is 10.6 Å². The summed E-state index contributed by atoms with van der Waals surface area (Å²) in [6.07, 6.45) is 3.90. The first-order valence-electron chi connectivity index (χ1n) is 8.74. The van der Waals surface area contributed by atoms with Crippen LogP contribution in [0.5, 0.6) is 0 Å². The van der Waals surface area contributed by atoms with Gasteiger partial charge in [0.05, 0.1) is 12.4 Å². The second-order valence-electron chi connectivity index (χ2n) is 6.26. The third kappa shape index (κ3) is 5.79. The van der Waals surface area contributed by atoms with E-state index in [2.05, 4.69) is 20.6 Å². The minimum absolute atomic E-state index is 0.239. The van der Waals surface area contributed by atoms with Crippen molar-refractivity contribution in [3.05, 3.63) is 88.3 Å². The molecule has 0 saturated heterocycles. The number of carbonyl (C=O) groups is 1. The van der Waals surface area contributed by atoms with E-state index >= 15 is 0 Å². The van der Waals surface area contributed by atoms with E-state index in [1.54, 1.807) is 6.20 Å². The van der Waals surface area contributed by atoms with Crippen LogP contribution in [0.1, 0.15) is 27.2 Å². The maximum Gasteiger partial charge on any atom is 0.271 e. The van der Waals surface area contributed by atoms with Crippen molar-refractivity contribution in [2.75, 3.05) is 11.9 Å². The number of hydrogen-bond donors (Lipinski definition) is 2. The molecule has 1 amide bonds. The number of carbonyl (C=O) groups excluding carboxylic acids is 1. The fourth-order valence-electron chi connectivity index (χ4n) is 2.62. The molecular formula is C21H21ClN4O. The summed E-state index contributed by atoms with van der Waals surface area (Å²) in [6, 6.07) is 15.8. The van der Waals surface area contributed by atoms with Crippen LogP contribution in [-0.4, -0.2) is 22.4 Å². The number of aryl methyl sites for hydroxylation is 1. The number of halogens is 1. The van der Waals surface area contributed by atoms with Crippen molar-refractivity contribution < 1.29 is 4.79 Å². The van der Waals surface area contributed by atoms with Crippen molar-refractivity contribution in [2.45, 2.75) is 19.9 Å². The van der Waals surface area contributed by atoms with Crippen LogP contribution in [0.25, 0.3) is 0 Å². The van der Waals surface area contributed by atoms with Gasteiger partial charge in [0, 0.05) is 18.1 Å². The summed E-state index contributed by atoms with van der Waals surface area (Å²) < 4.78 is 0. The molecule has 0 radical (unpaired) electrons. The SMILES string of the molecule is Cc1cccc(CNC(=O)c2cnc(NCCc3ccc(Cl)cc3)cn2)c1. The topological polar surface area (TPSA) is 66.9 Å². The first-order valence-corrected chi connectivity index (χ1v) is 9.12. The van der Waals surface area contributed by atoms with Gasteiger partial charge >= 0.3 is 0 Å². The Hall–Kier alpha value is -2.92. The Kier molecular flexibility index (Phi) is 6.39. The average Bonchev–Trinajstić information content (AvgIpc) is 2.68. The normalized spacial score (nSPS) is 10.4. The lowest BCUT2D eigenvalue weighted by atomic mass is 10.1. The summed E-state index contributed by atoms with van der Waals surface area (Å²) in [5.41, 5.74) is 3.70. The zero-order chi connectivity index (χ0) is 19.1. The molecule has 27 heavy (non-hydrogen) atoms. The maximum atomic E-state index is 12.2. The van der Waals surface area contributed by atoms with Gasteiger partial charge in [-0.05, 0) is 36.6 Å². The molecule has 0 aliphatic carbocycles. The predicted molar refractivity (Wildman–Crippen MR) is 108 cm³/mol. The Labute approximate surface area is 163 Å². The molecule has 0 saturated carbocycles. The minimum atomic E-state index is -0.239. The highest BCUT2D eigenvalue weighted by molar-refractivity contribution is 6.30. The first-order chi connectivity index (χ1) is 13.1. The fourth-order valence-corrected chi connectivity index (χ4v) is 2.74. The van der Waals surface area contributed by atoms with E-state index < -0.39 is 0 Å². The lowest BCUT2D eigenvalue weighted by molar-refractivity contribution is 0.0945. The highest BCUT2D eigenvalue weighted by Crippen LogP contribution is 2.10. The zero-order valence-electron chi connectivity index (χ0n) is 15.1. The number of aromatic nitrogens is 2. The molecule has 0 spiro atoms. The Bertz CT molecular complexity index is 895. The lowest BCUT2D eigenvalue weighted by Gasteiger charge is -2.07. The van der Waals surface area contributed by atoms with Crippen LogP contribution in [0, 0.1) is 6.92 Å². The molecule has 5 nitrogen and oxygen atoms in total. The maximum absolute atomic E-state index is 12.2. The molecule has 3 aromatic rings. The molecule has 0 aliphatic rings. The first kappa shape index (κ1) is 18.9. The summed E-state index contributed by atoms with van der Waals surface area (Å²) in [6.45, 7) is 3.20. The summed E-state index contributed by atoms with van der Waals surface area (Å²) in [5.74, 6) is 0.399. The smallest absolute Gasteiger partial charge is 0.271 e. The van der Waals surface area contributed by atoms with Gasteiger partial charge in [0.2, 0.25) is 0 Å². The Morgan fingerprint density at radius 1 is 1.04 bits per heavy atom. The number of hydrogen-bond acceptors (Lipinski definition) is 4. The van der Waals surface area contributed by atoms with Gasteiger partial charge in [0.15, 0.2) is 0 Å². The Balaban J connectivity index is 1.47. The standard InChI is InChI=1S/C21H21ClN4O/c1-15-3-2-4-17(11-15)12-26-21(27)19-13-25-20(14-24-19)23-10-9-16-5-7-18(22)8-6-16/h2-8,11,13-14H,9-10,12H2,1H3,(H,23,25)(H,26,27). The van der Waals surface area contributed by atoms with E-state index in [1.165, 1.54) is 11.8 Å². The van der Waals surface area contributed by atoms with Gasteiger partial charge in [-0.15, -0.1) is 0 Å². The second-order valence-corrected chi connectivity index (χ2v) is 6.70. The fraction of sp³-hybridized carbons (Fsp3) is 0.190. The molecule has 1 aromatic heterocycles. The van der Waals surface area contributed by atoms with Crippen LogP contribution in [0.4, 0.5) is 5.82 Å².